The predicted octanol–water partition coefficient (Wildman–Crippen LogP) is 0.909. The van der Waals surface area contributed by atoms with Crippen molar-refractivity contribution in [3.05, 3.63) is 27.9 Å². The summed E-state index contributed by atoms with van der Waals surface area (Å²) in [6.07, 6.45) is 6.09. The summed E-state index contributed by atoms with van der Waals surface area (Å²) in [5.74, 6) is 1.64. The van der Waals surface area contributed by atoms with Crippen LogP contribution in [0.2, 0.25) is 0 Å². The van der Waals surface area contributed by atoms with Gasteiger partial charge in [0.1, 0.15) is 0 Å². The highest BCUT2D eigenvalue weighted by Crippen LogP contribution is 2.41. The monoisotopic (exact) mass is 171 g/mol. The van der Waals surface area contributed by atoms with Gasteiger partial charge >= 0.3 is 0 Å². The lowest BCUT2D eigenvalue weighted by Gasteiger charge is -2.03. The van der Waals surface area contributed by atoms with Gasteiger partial charge in [-0.15, -0.1) is 0 Å². The van der Waals surface area contributed by atoms with Gasteiger partial charge in [-0.2, -0.15) is 0 Å². The molecule has 0 aromatic carbocycles. The molecule has 3 rings (SSSR count). The van der Waals surface area contributed by atoms with E-state index in [1.807, 2.05) is 0 Å². The minimum Gasteiger partial charge on any atom is -0.253 e. The van der Waals surface area contributed by atoms with Crippen molar-refractivity contribution in [1.82, 2.24) is 4.98 Å². The number of nitrogens with zero attached hydrogens (tertiary/aromatic N) is 1. The van der Waals surface area contributed by atoms with Crippen molar-refractivity contribution in [2.45, 2.75) is 20.3 Å². The molecule has 0 saturated heterocycles. The van der Waals surface area contributed by atoms with Gasteiger partial charge in [0.15, 0.2) is 0 Å². The van der Waals surface area contributed by atoms with Crippen molar-refractivity contribution in [2.75, 3.05) is 0 Å². The molecule has 2 aliphatic rings. The lowest BCUT2D eigenvalue weighted by molar-refractivity contribution is 1.01. The van der Waals surface area contributed by atoms with Gasteiger partial charge in [0, 0.05) is 5.69 Å². The maximum atomic E-state index is 4.56. The summed E-state index contributed by atoms with van der Waals surface area (Å²) in [4.78, 5) is 4.56. The molecule has 0 N–H and O–H groups in total. The zero-order valence-electron chi connectivity index (χ0n) is 8.04. The Balaban J connectivity index is 2.42. The molecule has 13 heavy (non-hydrogen) atoms. The normalized spacial score (nSPS) is 28.2. The number of rotatable bonds is 0. The zero-order chi connectivity index (χ0) is 9.00. The van der Waals surface area contributed by atoms with Crippen LogP contribution in [-0.2, 0) is 0 Å². The summed E-state index contributed by atoms with van der Waals surface area (Å²) in [6.45, 7) is 4.25. The topological polar surface area (TPSA) is 12.9 Å². The van der Waals surface area contributed by atoms with Gasteiger partial charge in [0.2, 0.25) is 0 Å². The summed E-state index contributed by atoms with van der Waals surface area (Å²) in [5, 5.41) is 2.60. The maximum Gasteiger partial charge on any atom is 0.0667 e. The summed E-state index contributed by atoms with van der Waals surface area (Å²) in [7, 11) is 0. The molecule has 0 aliphatic heterocycles. The largest absolute Gasteiger partial charge is 0.253 e. The average molecular weight is 171 g/mol. The van der Waals surface area contributed by atoms with Crippen molar-refractivity contribution < 1.29 is 0 Å². The molecule has 0 spiro atoms. The van der Waals surface area contributed by atoms with Crippen LogP contribution in [0.3, 0.4) is 0 Å². The van der Waals surface area contributed by atoms with E-state index in [4.69, 9.17) is 0 Å². The first-order chi connectivity index (χ1) is 6.24. The van der Waals surface area contributed by atoms with Crippen LogP contribution < -0.4 is 10.6 Å². The second-order valence-electron chi connectivity index (χ2n) is 4.28. The summed E-state index contributed by atoms with van der Waals surface area (Å²) >= 11 is 0. The van der Waals surface area contributed by atoms with Crippen LogP contribution >= 0.6 is 0 Å². The Morgan fingerprint density at radius 1 is 1.23 bits per heavy atom. The summed E-state index contributed by atoms with van der Waals surface area (Å²) in [5.41, 5.74) is 2.52. The van der Waals surface area contributed by atoms with Crippen LogP contribution in [0, 0.1) is 25.7 Å². The SMILES string of the molecule is Cc1cc(C)c2c(n1)=CC1CC1C=2. The van der Waals surface area contributed by atoms with E-state index in [1.165, 1.54) is 22.6 Å². The third kappa shape index (κ3) is 1.03. The summed E-state index contributed by atoms with van der Waals surface area (Å²) in [6, 6.07) is 2.17. The van der Waals surface area contributed by atoms with Crippen LogP contribution in [0.25, 0.3) is 12.2 Å². The smallest absolute Gasteiger partial charge is 0.0667 e. The van der Waals surface area contributed by atoms with Crippen LogP contribution in [0.15, 0.2) is 6.07 Å². The molecule has 0 radical (unpaired) electrons. The van der Waals surface area contributed by atoms with Crippen LogP contribution in [0.4, 0.5) is 0 Å². The first-order valence-electron chi connectivity index (χ1n) is 4.92. The number of aryl methyl sites for hydroxylation is 2. The first-order valence-corrected chi connectivity index (χ1v) is 4.92. The van der Waals surface area contributed by atoms with Crippen molar-refractivity contribution in [3.8, 4) is 0 Å². The molecule has 2 unspecified atom stereocenters. The minimum absolute atomic E-state index is 0.807. The quantitative estimate of drug-likeness (QED) is 0.565. The molecule has 1 fully saturated rings. The maximum absolute atomic E-state index is 4.56. The zero-order valence-corrected chi connectivity index (χ0v) is 8.04. The Bertz CT molecular complexity index is 485. The Kier molecular flexibility index (Phi) is 1.25. The Labute approximate surface area is 77.8 Å². The fraction of sp³-hybridized carbons (Fsp3) is 0.417. The number of hydrogen-bond acceptors (Lipinski definition) is 1. The molecule has 0 amide bonds. The highest BCUT2D eigenvalue weighted by molar-refractivity contribution is 5.49. The fourth-order valence-electron chi connectivity index (χ4n) is 2.26. The Morgan fingerprint density at radius 3 is 2.85 bits per heavy atom. The van der Waals surface area contributed by atoms with E-state index in [9.17, 15) is 0 Å². The van der Waals surface area contributed by atoms with E-state index in [-0.39, 0.29) is 0 Å². The van der Waals surface area contributed by atoms with Crippen molar-refractivity contribution in [3.63, 3.8) is 0 Å². The highest BCUT2D eigenvalue weighted by atomic mass is 14.7. The number of fused-ring (bicyclic) bond motifs is 2. The third-order valence-corrected chi connectivity index (χ3v) is 3.07. The van der Waals surface area contributed by atoms with E-state index in [0.29, 0.717) is 0 Å². The lowest BCUT2D eigenvalue weighted by atomic mass is 10.1. The van der Waals surface area contributed by atoms with E-state index in [0.717, 1.165) is 17.5 Å². The molecule has 2 atom stereocenters. The number of aromatic nitrogens is 1. The third-order valence-electron chi connectivity index (χ3n) is 3.07. The summed E-state index contributed by atoms with van der Waals surface area (Å²) < 4.78 is 0. The molecule has 1 heteroatoms. The lowest BCUT2D eigenvalue weighted by Crippen LogP contribution is -2.33. The molecule has 66 valence electrons. The molecule has 1 nitrogen and oxygen atoms in total. The number of pyridine rings is 1. The number of hydrogen-bond donors (Lipinski definition) is 0. The predicted molar refractivity (Wildman–Crippen MR) is 53.5 cm³/mol. The Morgan fingerprint density at radius 2 is 2.00 bits per heavy atom. The molecule has 1 aromatic heterocycles. The van der Waals surface area contributed by atoms with Crippen LogP contribution in [0.1, 0.15) is 17.7 Å². The molecule has 1 saturated carbocycles. The average Bonchev–Trinajstić information content (AvgIpc) is 2.78. The molecule has 0 bridgehead atoms. The van der Waals surface area contributed by atoms with Crippen LogP contribution in [0.5, 0.6) is 0 Å². The van der Waals surface area contributed by atoms with Gasteiger partial charge in [0.25, 0.3) is 0 Å². The van der Waals surface area contributed by atoms with Gasteiger partial charge in [0.05, 0.1) is 5.35 Å². The molecular weight excluding hydrogens is 158 g/mol. The fourth-order valence-corrected chi connectivity index (χ4v) is 2.26. The van der Waals surface area contributed by atoms with Gasteiger partial charge in [-0.25, -0.2) is 0 Å². The second-order valence-corrected chi connectivity index (χ2v) is 4.28. The molecule has 2 aliphatic carbocycles. The van der Waals surface area contributed by atoms with Crippen molar-refractivity contribution in [2.24, 2.45) is 11.8 Å². The molecule has 1 heterocycles. The van der Waals surface area contributed by atoms with E-state index in [2.05, 4.69) is 37.0 Å². The first kappa shape index (κ1) is 7.31. The van der Waals surface area contributed by atoms with Crippen molar-refractivity contribution in [1.29, 1.82) is 0 Å². The van der Waals surface area contributed by atoms with E-state index < -0.39 is 0 Å². The van der Waals surface area contributed by atoms with Crippen LogP contribution in [-0.4, -0.2) is 4.98 Å². The van der Waals surface area contributed by atoms with Crippen molar-refractivity contribution >= 4 is 12.2 Å². The Hall–Kier alpha value is -1.11. The van der Waals surface area contributed by atoms with Gasteiger partial charge < -0.3 is 0 Å². The van der Waals surface area contributed by atoms with Gasteiger partial charge in [-0.05, 0) is 49.0 Å². The van der Waals surface area contributed by atoms with Gasteiger partial charge in [-0.3, -0.25) is 4.98 Å². The standard InChI is InChI=1S/C12H13N/c1-7-3-8(2)13-12-6-10-4-9(10)5-11(7)12/h3,5-6,9-10H,4H2,1-2H3. The van der Waals surface area contributed by atoms with E-state index in [1.54, 1.807) is 0 Å². The van der Waals surface area contributed by atoms with Gasteiger partial charge in [-0.1, -0.05) is 12.2 Å². The molecule has 1 aromatic rings. The molecular formula is C12H13N. The highest BCUT2D eigenvalue weighted by Gasteiger charge is 2.34. The minimum atomic E-state index is 0.807. The van der Waals surface area contributed by atoms with E-state index >= 15 is 0 Å². The second kappa shape index (κ2) is 2.22.